The van der Waals surface area contributed by atoms with Gasteiger partial charge in [0.25, 0.3) is 0 Å². The summed E-state index contributed by atoms with van der Waals surface area (Å²) in [5.41, 5.74) is -0.509. The normalized spacial score (nSPS) is 19.6. The molecule has 2 amide bonds. The molecule has 0 aromatic carbocycles. The first-order chi connectivity index (χ1) is 9.28. The van der Waals surface area contributed by atoms with Crippen LogP contribution < -0.4 is 0 Å². The second kappa shape index (κ2) is 7.16. The molecule has 0 aromatic heterocycles. The van der Waals surface area contributed by atoms with Crippen LogP contribution in [0.2, 0.25) is 0 Å². The van der Waals surface area contributed by atoms with Gasteiger partial charge in [0.05, 0.1) is 6.04 Å². The van der Waals surface area contributed by atoms with Gasteiger partial charge in [0.2, 0.25) is 5.91 Å². The SMILES string of the molecule is CCN(C(=O)OC(C)(C)C)[C@@H]1CCCN(C(=O)CCl)C1. The fraction of sp³-hybridized carbons (Fsp3) is 0.857. The van der Waals surface area contributed by atoms with E-state index in [0.29, 0.717) is 19.6 Å². The smallest absolute Gasteiger partial charge is 0.410 e. The van der Waals surface area contributed by atoms with Crippen LogP contribution in [0.4, 0.5) is 4.79 Å². The highest BCUT2D eigenvalue weighted by atomic mass is 35.5. The number of likely N-dealkylation sites (tertiary alicyclic amines) is 1. The number of likely N-dealkylation sites (N-methyl/N-ethyl adjacent to an activating group) is 1. The Morgan fingerprint density at radius 3 is 2.55 bits per heavy atom. The van der Waals surface area contributed by atoms with E-state index in [1.54, 1.807) is 9.80 Å². The summed E-state index contributed by atoms with van der Waals surface area (Å²) >= 11 is 5.60. The van der Waals surface area contributed by atoms with Crippen molar-refractivity contribution < 1.29 is 14.3 Å². The van der Waals surface area contributed by atoms with Crippen molar-refractivity contribution in [2.45, 2.75) is 52.2 Å². The fourth-order valence-corrected chi connectivity index (χ4v) is 2.55. The Morgan fingerprint density at radius 1 is 1.40 bits per heavy atom. The number of nitrogens with zero attached hydrogens (tertiary/aromatic N) is 2. The lowest BCUT2D eigenvalue weighted by Gasteiger charge is -2.39. The molecule has 0 radical (unpaired) electrons. The van der Waals surface area contributed by atoms with Crippen molar-refractivity contribution >= 4 is 23.6 Å². The van der Waals surface area contributed by atoms with Crippen LogP contribution in [0.1, 0.15) is 40.5 Å². The van der Waals surface area contributed by atoms with Gasteiger partial charge in [-0.1, -0.05) is 0 Å². The van der Waals surface area contributed by atoms with Gasteiger partial charge < -0.3 is 14.5 Å². The van der Waals surface area contributed by atoms with E-state index in [9.17, 15) is 9.59 Å². The topological polar surface area (TPSA) is 49.9 Å². The molecule has 1 heterocycles. The van der Waals surface area contributed by atoms with Gasteiger partial charge in [-0.3, -0.25) is 4.79 Å². The minimum atomic E-state index is -0.509. The maximum Gasteiger partial charge on any atom is 0.410 e. The van der Waals surface area contributed by atoms with Crippen LogP contribution in [-0.2, 0) is 9.53 Å². The van der Waals surface area contributed by atoms with Gasteiger partial charge in [0, 0.05) is 19.6 Å². The van der Waals surface area contributed by atoms with Crippen molar-refractivity contribution in [3.63, 3.8) is 0 Å². The van der Waals surface area contributed by atoms with Crippen molar-refractivity contribution in [1.82, 2.24) is 9.80 Å². The molecule has 0 unspecified atom stereocenters. The molecule has 1 saturated heterocycles. The lowest BCUT2D eigenvalue weighted by molar-refractivity contribution is -0.130. The largest absolute Gasteiger partial charge is 0.444 e. The highest BCUT2D eigenvalue weighted by Crippen LogP contribution is 2.19. The highest BCUT2D eigenvalue weighted by molar-refractivity contribution is 6.27. The summed E-state index contributed by atoms with van der Waals surface area (Å²) in [5.74, 6) is -0.0812. The molecule has 20 heavy (non-hydrogen) atoms. The van der Waals surface area contributed by atoms with E-state index in [1.165, 1.54) is 0 Å². The number of alkyl halides is 1. The Balaban J connectivity index is 2.69. The van der Waals surface area contributed by atoms with Gasteiger partial charge >= 0.3 is 6.09 Å². The first kappa shape index (κ1) is 17.1. The zero-order valence-corrected chi connectivity index (χ0v) is 13.6. The van der Waals surface area contributed by atoms with Crippen LogP contribution in [0.15, 0.2) is 0 Å². The second-order valence-corrected chi connectivity index (χ2v) is 6.30. The summed E-state index contributed by atoms with van der Waals surface area (Å²) in [6.45, 7) is 9.30. The monoisotopic (exact) mass is 304 g/mol. The third-order valence-corrected chi connectivity index (χ3v) is 3.50. The Labute approximate surface area is 126 Å². The number of carbonyl (C=O) groups excluding carboxylic acids is 2. The Kier molecular flexibility index (Phi) is 6.11. The number of rotatable bonds is 3. The van der Waals surface area contributed by atoms with E-state index in [1.807, 2.05) is 27.7 Å². The van der Waals surface area contributed by atoms with E-state index < -0.39 is 5.60 Å². The Bertz CT molecular complexity index is 355. The van der Waals surface area contributed by atoms with Gasteiger partial charge in [-0.05, 0) is 40.5 Å². The van der Waals surface area contributed by atoms with Gasteiger partial charge in [-0.2, -0.15) is 0 Å². The summed E-state index contributed by atoms with van der Waals surface area (Å²) in [6, 6.07) is 0.00997. The first-order valence-corrected chi connectivity index (χ1v) is 7.65. The zero-order chi connectivity index (χ0) is 15.3. The zero-order valence-electron chi connectivity index (χ0n) is 12.8. The summed E-state index contributed by atoms with van der Waals surface area (Å²) in [4.78, 5) is 27.3. The maximum absolute atomic E-state index is 12.2. The molecule has 1 aliphatic rings. The van der Waals surface area contributed by atoms with Crippen molar-refractivity contribution in [3.8, 4) is 0 Å². The molecule has 5 nitrogen and oxygen atoms in total. The molecule has 0 aromatic rings. The lowest BCUT2D eigenvalue weighted by Crippen LogP contribution is -2.52. The standard InChI is InChI=1S/C14H25ClN2O3/c1-5-17(13(19)20-14(2,3)4)11-7-6-8-16(10-11)12(18)9-15/h11H,5-10H2,1-4H3/t11-/m1/s1. The molecule has 0 N–H and O–H groups in total. The summed E-state index contributed by atoms with van der Waals surface area (Å²) in [7, 11) is 0. The molecule has 6 heteroatoms. The minimum absolute atomic E-state index is 0.00865. The number of ether oxygens (including phenoxy) is 1. The number of amides is 2. The lowest BCUT2D eigenvalue weighted by atomic mass is 10.0. The van der Waals surface area contributed by atoms with E-state index in [4.69, 9.17) is 16.3 Å². The molecular weight excluding hydrogens is 280 g/mol. The third kappa shape index (κ3) is 4.85. The van der Waals surface area contributed by atoms with Crippen molar-refractivity contribution in [2.75, 3.05) is 25.5 Å². The quantitative estimate of drug-likeness (QED) is 0.753. The molecule has 0 saturated carbocycles. The van der Waals surface area contributed by atoms with Crippen LogP contribution in [0.3, 0.4) is 0 Å². The molecule has 0 spiro atoms. The Morgan fingerprint density at radius 2 is 2.05 bits per heavy atom. The van der Waals surface area contributed by atoms with Crippen LogP contribution in [-0.4, -0.2) is 59.0 Å². The van der Waals surface area contributed by atoms with E-state index in [-0.39, 0.29) is 23.9 Å². The molecule has 0 aliphatic carbocycles. The van der Waals surface area contributed by atoms with Crippen LogP contribution in [0.25, 0.3) is 0 Å². The van der Waals surface area contributed by atoms with Crippen LogP contribution >= 0.6 is 11.6 Å². The summed E-state index contributed by atoms with van der Waals surface area (Å²) in [6.07, 6.45) is 1.45. The van der Waals surface area contributed by atoms with Crippen molar-refractivity contribution in [2.24, 2.45) is 0 Å². The maximum atomic E-state index is 12.2. The van der Waals surface area contributed by atoms with Gasteiger partial charge in [0.15, 0.2) is 0 Å². The molecule has 1 rings (SSSR count). The number of halogens is 1. The molecular formula is C14H25ClN2O3. The third-order valence-electron chi connectivity index (χ3n) is 3.27. The summed E-state index contributed by atoms with van der Waals surface area (Å²) < 4.78 is 5.42. The van der Waals surface area contributed by atoms with Crippen molar-refractivity contribution in [3.05, 3.63) is 0 Å². The first-order valence-electron chi connectivity index (χ1n) is 7.12. The van der Waals surface area contributed by atoms with Crippen molar-refractivity contribution in [1.29, 1.82) is 0 Å². The second-order valence-electron chi connectivity index (χ2n) is 6.04. The van der Waals surface area contributed by atoms with Gasteiger partial charge in [-0.25, -0.2) is 4.79 Å². The number of carbonyl (C=O) groups is 2. The summed E-state index contributed by atoms with van der Waals surface area (Å²) in [5, 5.41) is 0. The predicted octanol–water partition coefficient (Wildman–Crippen LogP) is 2.47. The highest BCUT2D eigenvalue weighted by Gasteiger charge is 2.31. The molecule has 1 aliphatic heterocycles. The van der Waals surface area contributed by atoms with E-state index in [0.717, 1.165) is 12.8 Å². The number of piperidine rings is 1. The minimum Gasteiger partial charge on any atom is -0.444 e. The average molecular weight is 305 g/mol. The predicted molar refractivity (Wildman–Crippen MR) is 78.9 cm³/mol. The molecule has 116 valence electrons. The number of hydrogen-bond donors (Lipinski definition) is 0. The van der Waals surface area contributed by atoms with Crippen LogP contribution in [0.5, 0.6) is 0 Å². The van der Waals surface area contributed by atoms with Crippen LogP contribution in [0, 0.1) is 0 Å². The molecule has 1 atom stereocenters. The van der Waals surface area contributed by atoms with E-state index >= 15 is 0 Å². The fourth-order valence-electron chi connectivity index (χ4n) is 2.38. The molecule has 1 fully saturated rings. The average Bonchev–Trinajstić information content (AvgIpc) is 2.37. The molecule has 0 bridgehead atoms. The van der Waals surface area contributed by atoms with Gasteiger partial charge in [-0.15, -0.1) is 11.6 Å². The van der Waals surface area contributed by atoms with Gasteiger partial charge in [0.1, 0.15) is 11.5 Å². The number of hydrogen-bond acceptors (Lipinski definition) is 3. The Hall–Kier alpha value is -0.970. The van der Waals surface area contributed by atoms with E-state index in [2.05, 4.69) is 0 Å².